The number of aromatic nitrogens is 2. The number of nitrogens with two attached hydrogens (primary N) is 2. The van der Waals surface area contributed by atoms with E-state index < -0.39 is 124 Å². The minimum absolute atomic E-state index is 0.00205. The van der Waals surface area contributed by atoms with E-state index in [9.17, 15) is 47.4 Å². The van der Waals surface area contributed by atoms with Crippen molar-refractivity contribution in [3.63, 3.8) is 0 Å². The number of hydrogen-bond acceptors (Lipinski definition) is 14. The van der Waals surface area contributed by atoms with E-state index in [1.165, 1.54) is 103 Å². The summed E-state index contributed by atoms with van der Waals surface area (Å²) in [5.41, 5.74) is 12.6. The molecule has 0 spiro atoms. The SMILES string of the molecule is C[C@H]1NC(=O)[C@H](CCCCN)NC(=O)CCSCc2cccc(c2)CSC[C@@H](C(N)=O)NC(=O)[C@]2(C)CCCN2C(=O)[C@H](Cc2ccc(O)cc2)NC(=O)C(C)(C)NC(=O)[C@@H]2CCCN2C(=O)[C@H](Cc2c[nH]c3ccc(F)cc23)NC(=O)[C@H](Cc2c[nH]c3ccc(F)cc23)NC1=O. The van der Waals surface area contributed by atoms with Crippen molar-refractivity contribution in [1.82, 2.24) is 57.0 Å². The summed E-state index contributed by atoms with van der Waals surface area (Å²) in [5, 5.41) is 30.4. The molecule has 10 amide bonds. The number of hydrogen-bond donors (Lipinski definition) is 12. The van der Waals surface area contributed by atoms with Gasteiger partial charge >= 0.3 is 0 Å². The number of aromatic amines is 2. The van der Waals surface area contributed by atoms with E-state index in [0.29, 0.717) is 88.0 Å². The molecule has 2 fully saturated rings. The maximum atomic E-state index is 15.4. The van der Waals surface area contributed by atoms with Crippen LogP contribution in [-0.4, -0.2) is 168 Å². The molecule has 518 valence electrons. The molecule has 24 nitrogen and oxygen atoms in total. The third-order valence-electron chi connectivity index (χ3n) is 18.1. The van der Waals surface area contributed by atoms with Gasteiger partial charge < -0.3 is 73.6 Å². The van der Waals surface area contributed by atoms with Crippen molar-refractivity contribution in [3.05, 3.63) is 137 Å². The fourth-order valence-corrected chi connectivity index (χ4v) is 14.4. The molecule has 0 saturated carbocycles. The Morgan fingerprint density at radius 2 is 1.27 bits per heavy atom. The van der Waals surface area contributed by atoms with Gasteiger partial charge in [-0.25, -0.2) is 8.78 Å². The molecule has 2 saturated heterocycles. The average Bonchev–Trinajstić information content (AvgIpc) is 1.69. The number of unbranched alkanes of at least 4 members (excludes halogenated alkanes) is 1. The highest BCUT2D eigenvalue weighted by molar-refractivity contribution is 7.98. The molecular weight excluding hydrogens is 1290 g/mol. The van der Waals surface area contributed by atoms with Crippen LogP contribution in [0.3, 0.4) is 0 Å². The summed E-state index contributed by atoms with van der Waals surface area (Å²) >= 11 is 2.85. The van der Waals surface area contributed by atoms with Crippen LogP contribution in [0.4, 0.5) is 8.78 Å². The molecule has 9 rings (SSSR count). The Kier molecular flexibility index (Phi) is 24.1. The molecule has 97 heavy (non-hydrogen) atoms. The molecule has 0 radical (unpaired) electrons. The number of carbonyl (C=O) groups is 10. The highest BCUT2D eigenvalue weighted by Crippen LogP contribution is 2.32. The highest BCUT2D eigenvalue weighted by atomic mass is 32.2. The standard InChI is InChI=1S/C69H85F2N13O11S2/c1-39-60(88)78-53(30-43-34-74-50-20-16-45(70)32-48(43)50)62(90)79-55(31-44-35-75-51-21-17-46(71)33-49(44)51)64(92)83-25-8-13-57(83)63(91)82-68(2,3)66(94)80-54(29-40-14-18-47(85)19-15-40)65(93)84-26-9-23-69(84,4)67(95)81-56(59(73)87)38-97-37-42-11-7-10-41(28-42)36-96-27-22-58(86)77-52(61(89)76-39)12-5-6-24-72/h7,10-11,14-21,28,32-35,39,52-57,74-75,85H,5-6,8-9,12-13,22-27,29-31,36-38,72H2,1-4H3,(H2,73,87)(H,76,89)(H,77,86)(H,78,88)(H,79,90)(H,80,94)(H,81,95)(H,82,91)/t39-,52+,53+,54+,55+,56+,57+,69+/m1/s1. The lowest BCUT2D eigenvalue weighted by molar-refractivity contribution is -0.147. The van der Waals surface area contributed by atoms with Crippen molar-refractivity contribution in [3.8, 4) is 5.75 Å². The van der Waals surface area contributed by atoms with Gasteiger partial charge in [-0.1, -0.05) is 36.4 Å². The molecule has 3 aliphatic heterocycles. The Balaban J connectivity index is 1.03. The van der Waals surface area contributed by atoms with Crippen LogP contribution in [0, 0.1) is 11.6 Å². The highest BCUT2D eigenvalue weighted by Gasteiger charge is 2.49. The van der Waals surface area contributed by atoms with Crippen molar-refractivity contribution in [2.45, 2.75) is 163 Å². The van der Waals surface area contributed by atoms with Crippen LogP contribution in [0.15, 0.2) is 97.3 Å². The first-order valence-corrected chi connectivity index (χ1v) is 34.9. The van der Waals surface area contributed by atoms with Crippen molar-refractivity contribution >= 4 is 104 Å². The number of phenolic OH excluding ortho intramolecular Hbond substituents is 1. The van der Waals surface area contributed by atoms with Crippen LogP contribution in [0.2, 0.25) is 0 Å². The van der Waals surface area contributed by atoms with Gasteiger partial charge in [0.25, 0.3) is 0 Å². The van der Waals surface area contributed by atoms with E-state index >= 15 is 14.4 Å². The number of fused-ring (bicyclic) bond motifs is 6. The Labute approximate surface area is 568 Å². The summed E-state index contributed by atoms with van der Waals surface area (Å²) in [6.07, 6.45) is 4.61. The largest absolute Gasteiger partial charge is 0.508 e. The third kappa shape index (κ3) is 18.4. The molecule has 6 aromatic rings. The molecule has 3 aliphatic rings. The molecule has 5 heterocycles. The number of phenols is 1. The summed E-state index contributed by atoms with van der Waals surface area (Å²) in [6.45, 7) is 6.22. The minimum Gasteiger partial charge on any atom is -0.508 e. The monoisotopic (exact) mass is 1370 g/mol. The zero-order valence-electron chi connectivity index (χ0n) is 54.7. The number of amides is 10. The number of nitrogens with zero attached hydrogens (tertiary/aromatic N) is 2. The van der Waals surface area contributed by atoms with E-state index in [1.54, 1.807) is 31.5 Å². The number of benzene rings is 4. The van der Waals surface area contributed by atoms with Crippen LogP contribution >= 0.6 is 23.5 Å². The van der Waals surface area contributed by atoms with Crippen LogP contribution in [0.5, 0.6) is 5.75 Å². The number of thioether (sulfide) groups is 2. The van der Waals surface area contributed by atoms with E-state index in [4.69, 9.17) is 11.5 Å². The number of carbonyl (C=O) groups excluding carboxylic acids is 10. The van der Waals surface area contributed by atoms with Gasteiger partial charge in [0.1, 0.15) is 70.8 Å². The zero-order valence-corrected chi connectivity index (χ0v) is 56.3. The molecule has 28 heteroatoms. The van der Waals surface area contributed by atoms with E-state index in [-0.39, 0.29) is 69.5 Å². The normalized spacial score (nSPS) is 24.4. The smallest absolute Gasteiger partial charge is 0.246 e. The predicted octanol–water partition coefficient (Wildman–Crippen LogP) is 4.04. The quantitative estimate of drug-likeness (QED) is 0.0815. The van der Waals surface area contributed by atoms with Gasteiger partial charge in [-0.3, -0.25) is 47.9 Å². The molecule has 4 aromatic carbocycles. The van der Waals surface area contributed by atoms with Crippen molar-refractivity contribution in [2.75, 3.05) is 31.1 Å². The summed E-state index contributed by atoms with van der Waals surface area (Å²) < 4.78 is 29.9. The number of primary amides is 1. The Bertz CT molecular complexity index is 3910. The second-order valence-corrected chi connectivity index (χ2v) is 27.9. The van der Waals surface area contributed by atoms with Gasteiger partial charge in [0, 0.05) is 96.0 Å². The number of rotatable bonds is 11. The molecule has 2 aromatic heterocycles. The minimum atomic E-state index is -1.80. The second-order valence-electron chi connectivity index (χ2n) is 25.8. The number of nitrogens with one attached hydrogen (secondary N) is 9. The lowest BCUT2D eigenvalue weighted by Gasteiger charge is -2.38. The fraction of sp³-hybridized carbons (Fsp3) is 0.449. The molecule has 14 N–H and O–H groups in total. The first kappa shape index (κ1) is 72.3. The molecule has 2 bridgehead atoms. The van der Waals surface area contributed by atoms with Crippen LogP contribution in [0.25, 0.3) is 21.8 Å². The topological polar surface area (TPSA) is 365 Å². The zero-order chi connectivity index (χ0) is 69.7. The van der Waals surface area contributed by atoms with Crippen LogP contribution in [-0.2, 0) is 78.7 Å². The lowest BCUT2D eigenvalue weighted by Crippen LogP contribution is -2.65. The maximum absolute atomic E-state index is 15.4. The summed E-state index contributed by atoms with van der Waals surface area (Å²) in [5.74, 6) is -7.07. The first-order chi connectivity index (χ1) is 46.3. The predicted molar refractivity (Wildman–Crippen MR) is 365 cm³/mol. The maximum Gasteiger partial charge on any atom is 0.246 e. The van der Waals surface area contributed by atoms with E-state index in [0.717, 1.165) is 11.1 Å². The van der Waals surface area contributed by atoms with Gasteiger partial charge in [0.05, 0.1) is 0 Å². The van der Waals surface area contributed by atoms with Crippen molar-refractivity contribution in [2.24, 2.45) is 11.5 Å². The second kappa shape index (κ2) is 32.4. The Morgan fingerprint density at radius 3 is 1.92 bits per heavy atom. The molecule has 0 aliphatic carbocycles. The summed E-state index contributed by atoms with van der Waals surface area (Å²) in [6, 6.07) is 12.5. The molecular formula is C69H85F2N13O11S2. The summed E-state index contributed by atoms with van der Waals surface area (Å²) in [4.78, 5) is 154. The number of halogens is 2. The van der Waals surface area contributed by atoms with Crippen molar-refractivity contribution in [1.29, 1.82) is 0 Å². The Hall–Kier alpha value is -9.02. The molecule has 8 atom stereocenters. The van der Waals surface area contributed by atoms with Gasteiger partial charge in [0.15, 0.2) is 0 Å². The van der Waals surface area contributed by atoms with Crippen LogP contribution < -0.4 is 48.7 Å². The van der Waals surface area contributed by atoms with Gasteiger partial charge in [0.2, 0.25) is 59.1 Å². The van der Waals surface area contributed by atoms with E-state index in [2.05, 4.69) is 47.2 Å². The first-order valence-electron chi connectivity index (χ1n) is 32.6. The van der Waals surface area contributed by atoms with Gasteiger partial charge in [-0.2, -0.15) is 23.5 Å². The summed E-state index contributed by atoms with van der Waals surface area (Å²) in [7, 11) is 0. The van der Waals surface area contributed by atoms with Gasteiger partial charge in [-0.05, 0) is 156 Å². The molecule has 0 unspecified atom stereocenters. The number of aromatic hydroxyl groups is 1. The third-order valence-corrected chi connectivity index (χ3v) is 20.2. The lowest BCUT2D eigenvalue weighted by atomic mass is 9.95. The number of H-pyrrole nitrogens is 2. The fourth-order valence-electron chi connectivity index (χ4n) is 12.5. The average molecular weight is 1370 g/mol. The Morgan fingerprint density at radius 1 is 0.649 bits per heavy atom. The van der Waals surface area contributed by atoms with Gasteiger partial charge in [-0.15, -0.1) is 0 Å². The van der Waals surface area contributed by atoms with Crippen LogP contribution in [0.1, 0.15) is 107 Å². The van der Waals surface area contributed by atoms with E-state index in [1.807, 2.05) is 24.3 Å². The van der Waals surface area contributed by atoms with Crippen molar-refractivity contribution < 1.29 is 61.8 Å².